The molecule has 29 heavy (non-hydrogen) atoms. The number of halogens is 3. The van der Waals surface area contributed by atoms with Crippen LogP contribution in [0.3, 0.4) is 0 Å². The Labute approximate surface area is 166 Å². The van der Waals surface area contributed by atoms with Crippen LogP contribution in [-0.2, 0) is 4.74 Å². The van der Waals surface area contributed by atoms with E-state index >= 15 is 0 Å². The van der Waals surface area contributed by atoms with Crippen LogP contribution in [0, 0.1) is 0 Å². The molecule has 0 bridgehead atoms. The van der Waals surface area contributed by atoms with Crippen molar-refractivity contribution < 1.29 is 32.5 Å². The number of allylic oxidation sites excluding steroid dienone is 4. The number of fused-ring (bicyclic) bond motifs is 1. The maximum atomic E-state index is 12.9. The molecule has 1 aromatic carbocycles. The minimum Gasteiger partial charge on any atom is -0.491 e. The van der Waals surface area contributed by atoms with Crippen LogP contribution in [0.25, 0.3) is 10.9 Å². The third-order valence-electron chi connectivity index (χ3n) is 3.93. The summed E-state index contributed by atoms with van der Waals surface area (Å²) in [5, 5.41) is 9.33. The average Bonchev–Trinajstić information content (AvgIpc) is 3.04. The van der Waals surface area contributed by atoms with Gasteiger partial charge in [-0.15, -0.1) is 13.2 Å². The van der Waals surface area contributed by atoms with Crippen LogP contribution in [-0.4, -0.2) is 35.4 Å². The molecule has 156 valence electrons. The minimum atomic E-state index is -4.82. The highest BCUT2D eigenvalue weighted by Crippen LogP contribution is 2.29. The molecule has 5 nitrogen and oxygen atoms in total. The van der Waals surface area contributed by atoms with Crippen molar-refractivity contribution in [2.24, 2.45) is 0 Å². The van der Waals surface area contributed by atoms with Gasteiger partial charge < -0.3 is 19.6 Å². The highest BCUT2D eigenvalue weighted by Gasteiger charge is 2.31. The number of carbonyl (C=O) groups excluding carboxylic acids is 1. The molecule has 2 N–H and O–H groups in total. The maximum Gasteiger partial charge on any atom is 0.573 e. The standard InChI is InChI=1S/C21H22F3NO4/c1-4-14(20(9-13(2)3)28-8-7-26)10-19(27)17-12-25-18-6-5-15(11-16(17)18)29-21(22,23)24/h4-6,9,11-12,25-26H,2,7-8,10H2,1,3H3/b14-4-,20-9+. The van der Waals surface area contributed by atoms with Crippen molar-refractivity contribution in [3.8, 4) is 5.75 Å². The number of aromatic nitrogens is 1. The first-order chi connectivity index (χ1) is 13.6. The van der Waals surface area contributed by atoms with E-state index in [1.807, 2.05) is 0 Å². The highest BCUT2D eigenvalue weighted by molar-refractivity contribution is 6.09. The predicted octanol–water partition coefficient (Wildman–Crippen LogP) is 5.05. The lowest BCUT2D eigenvalue weighted by Crippen LogP contribution is -2.17. The van der Waals surface area contributed by atoms with Crippen molar-refractivity contribution in [1.82, 2.24) is 4.98 Å². The van der Waals surface area contributed by atoms with Crippen molar-refractivity contribution in [2.45, 2.75) is 26.6 Å². The van der Waals surface area contributed by atoms with E-state index in [4.69, 9.17) is 9.84 Å². The molecular weight excluding hydrogens is 387 g/mol. The fraction of sp³-hybridized carbons (Fsp3) is 0.286. The summed E-state index contributed by atoms with van der Waals surface area (Å²) in [6.45, 7) is 7.15. The zero-order valence-corrected chi connectivity index (χ0v) is 16.1. The van der Waals surface area contributed by atoms with Gasteiger partial charge in [0.05, 0.1) is 6.61 Å². The van der Waals surface area contributed by atoms with Gasteiger partial charge in [-0.2, -0.15) is 0 Å². The van der Waals surface area contributed by atoms with Crippen molar-refractivity contribution >= 4 is 16.7 Å². The number of hydrogen-bond donors (Lipinski definition) is 2. The summed E-state index contributed by atoms with van der Waals surface area (Å²) >= 11 is 0. The zero-order chi connectivity index (χ0) is 21.6. The second kappa shape index (κ2) is 9.47. The van der Waals surface area contributed by atoms with Gasteiger partial charge in [-0.3, -0.25) is 4.79 Å². The summed E-state index contributed by atoms with van der Waals surface area (Å²) in [6.07, 6.45) is -0.0505. The second-order valence-electron chi connectivity index (χ2n) is 6.30. The molecule has 2 rings (SSSR count). The van der Waals surface area contributed by atoms with Crippen LogP contribution in [0.2, 0.25) is 0 Å². The Morgan fingerprint density at radius 2 is 2.07 bits per heavy atom. The quantitative estimate of drug-likeness (QED) is 0.345. The fourth-order valence-corrected chi connectivity index (χ4v) is 2.73. The molecule has 0 unspecified atom stereocenters. The number of aliphatic hydroxyl groups is 1. The third kappa shape index (κ3) is 6.25. The highest BCUT2D eigenvalue weighted by atomic mass is 19.4. The van der Waals surface area contributed by atoms with Gasteiger partial charge in [0.25, 0.3) is 0 Å². The molecule has 0 saturated heterocycles. The van der Waals surface area contributed by atoms with Crippen molar-refractivity contribution in [1.29, 1.82) is 0 Å². The Kier molecular flexibility index (Phi) is 7.28. The normalized spacial score (nSPS) is 12.9. The summed E-state index contributed by atoms with van der Waals surface area (Å²) in [5.74, 6) is -0.309. The number of hydrogen-bond acceptors (Lipinski definition) is 4. The van der Waals surface area contributed by atoms with Gasteiger partial charge in [0, 0.05) is 29.1 Å². The number of carbonyl (C=O) groups is 1. The van der Waals surface area contributed by atoms with Gasteiger partial charge in [0.15, 0.2) is 5.78 Å². The first kappa shape index (κ1) is 22.3. The summed E-state index contributed by atoms with van der Waals surface area (Å²) in [4.78, 5) is 15.7. The number of ether oxygens (including phenoxy) is 2. The number of nitrogens with one attached hydrogen (secondary N) is 1. The van der Waals surface area contributed by atoms with Gasteiger partial charge in [-0.25, -0.2) is 0 Å². The smallest absolute Gasteiger partial charge is 0.491 e. The Hall–Kier alpha value is -3.00. The van der Waals surface area contributed by atoms with E-state index in [-0.39, 0.29) is 31.0 Å². The molecule has 8 heteroatoms. The molecule has 0 amide bonds. The van der Waals surface area contributed by atoms with Crippen molar-refractivity contribution in [3.05, 3.63) is 65.6 Å². The molecular formula is C21H22F3NO4. The Balaban J connectivity index is 2.31. The number of Topliss-reactive ketones (excluding diaryl/α,β-unsaturated/α-hetero) is 1. The molecule has 1 aromatic heterocycles. The molecule has 2 aromatic rings. The van der Waals surface area contributed by atoms with Crippen LogP contribution in [0.1, 0.15) is 30.6 Å². The van der Waals surface area contributed by atoms with E-state index in [9.17, 15) is 18.0 Å². The van der Waals surface area contributed by atoms with Gasteiger partial charge in [0.2, 0.25) is 0 Å². The van der Waals surface area contributed by atoms with Crippen LogP contribution in [0.4, 0.5) is 13.2 Å². The van der Waals surface area contributed by atoms with Gasteiger partial charge in [-0.1, -0.05) is 18.2 Å². The zero-order valence-electron chi connectivity index (χ0n) is 16.1. The lowest BCUT2D eigenvalue weighted by molar-refractivity contribution is -0.274. The summed E-state index contributed by atoms with van der Waals surface area (Å²) < 4.78 is 46.9. The first-order valence-corrected chi connectivity index (χ1v) is 8.81. The van der Waals surface area contributed by atoms with E-state index < -0.39 is 12.1 Å². The van der Waals surface area contributed by atoms with Crippen LogP contribution in [0.5, 0.6) is 5.75 Å². The summed E-state index contributed by atoms with van der Waals surface area (Å²) in [7, 11) is 0. The van der Waals surface area contributed by atoms with E-state index in [0.717, 1.165) is 0 Å². The Bertz CT molecular complexity index is 954. The van der Waals surface area contributed by atoms with Crippen molar-refractivity contribution in [2.75, 3.05) is 13.2 Å². The number of benzene rings is 1. The fourth-order valence-electron chi connectivity index (χ4n) is 2.73. The predicted molar refractivity (Wildman–Crippen MR) is 104 cm³/mol. The molecule has 0 spiro atoms. The van der Waals surface area contributed by atoms with Gasteiger partial charge in [0.1, 0.15) is 18.1 Å². The van der Waals surface area contributed by atoms with Gasteiger partial charge in [-0.05, 0) is 43.7 Å². The van der Waals surface area contributed by atoms with E-state index in [0.29, 0.717) is 27.8 Å². The number of H-pyrrole nitrogens is 1. The Morgan fingerprint density at radius 3 is 2.66 bits per heavy atom. The number of aromatic amines is 1. The molecule has 0 aliphatic heterocycles. The van der Waals surface area contributed by atoms with Crippen LogP contribution >= 0.6 is 0 Å². The van der Waals surface area contributed by atoms with Crippen LogP contribution in [0.15, 0.2) is 60.0 Å². The minimum absolute atomic E-state index is 0.0433. The largest absolute Gasteiger partial charge is 0.573 e. The molecule has 0 aliphatic carbocycles. The molecule has 0 aliphatic rings. The summed E-state index contributed by atoms with van der Waals surface area (Å²) in [5.41, 5.74) is 2.03. The van der Waals surface area contributed by atoms with E-state index in [2.05, 4.69) is 16.3 Å². The first-order valence-electron chi connectivity index (χ1n) is 8.81. The van der Waals surface area contributed by atoms with Gasteiger partial charge >= 0.3 is 6.36 Å². The van der Waals surface area contributed by atoms with E-state index in [1.54, 1.807) is 26.0 Å². The van der Waals surface area contributed by atoms with E-state index in [1.165, 1.54) is 24.4 Å². The summed E-state index contributed by atoms with van der Waals surface area (Å²) in [6, 6.07) is 3.77. The number of aliphatic hydroxyl groups excluding tert-OH is 1. The topological polar surface area (TPSA) is 71.5 Å². The molecule has 0 radical (unpaired) electrons. The molecule has 1 heterocycles. The molecule has 0 fully saturated rings. The lowest BCUT2D eigenvalue weighted by Gasteiger charge is -2.13. The maximum absolute atomic E-state index is 12.9. The Morgan fingerprint density at radius 1 is 1.34 bits per heavy atom. The number of rotatable bonds is 9. The third-order valence-corrected chi connectivity index (χ3v) is 3.93. The van der Waals surface area contributed by atoms with Crippen LogP contribution < -0.4 is 4.74 Å². The van der Waals surface area contributed by atoms with Crippen molar-refractivity contribution in [3.63, 3.8) is 0 Å². The SMILES string of the molecule is C=C(C)/C=C(OCCO)\C(=C/C)CC(=O)c1c[nH]c2ccc(OC(F)(F)F)cc12. The monoisotopic (exact) mass is 409 g/mol. The molecule has 0 saturated carbocycles. The average molecular weight is 409 g/mol. The number of ketones is 1. The second-order valence-corrected chi connectivity index (χ2v) is 6.30. The molecule has 0 atom stereocenters. The number of alkyl halides is 3. The lowest BCUT2D eigenvalue weighted by atomic mass is 10.00.